The highest BCUT2D eigenvalue weighted by Gasteiger charge is 2.28. The number of aromatic nitrogens is 3. The van der Waals surface area contributed by atoms with Crippen molar-refractivity contribution >= 4 is 17.4 Å². The van der Waals surface area contributed by atoms with E-state index in [1.54, 1.807) is 0 Å². The van der Waals surface area contributed by atoms with Crippen LogP contribution in [-0.4, -0.2) is 39.6 Å². The molecule has 0 spiro atoms. The number of piperidine rings is 1. The van der Waals surface area contributed by atoms with Gasteiger partial charge in [0.2, 0.25) is 5.91 Å². The van der Waals surface area contributed by atoms with Gasteiger partial charge in [-0.1, -0.05) is 43.2 Å². The predicted octanol–water partition coefficient (Wildman–Crippen LogP) is 3.98. The SMILES string of the molecule is Cc1cc(N2CCC(C(=O)NC3CCCC3)CC2)n2nc(-c3ccccc3)cc2n1. The Hall–Kier alpha value is -2.89. The summed E-state index contributed by atoms with van der Waals surface area (Å²) >= 11 is 0. The predicted molar refractivity (Wildman–Crippen MR) is 118 cm³/mol. The average molecular weight is 404 g/mol. The molecule has 1 aromatic carbocycles. The van der Waals surface area contributed by atoms with E-state index < -0.39 is 0 Å². The van der Waals surface area contributed by atoms with E-state index in [1.807, 2.05) is 35.7 Å². The molecule has 30 heavy (non-hydrogen) atoms. The van der Waals surface area contributed by atoms with Crippen molar-refractivity contribution in [3.8, 4) is 11.3 Å². The zero-order valence-corrected chi connectivity index (χ0v) is 17.6. The van der Waals surface area contributed by atoms with Gasteiger partial charge in [-0.2, -0.15) is 9.61 Å². The smallest absolute Gasteiger partial charge is 0.223 e. The van der Waals surface area contributed by atoms with Crippen LogP contribution < -0.4 is 10.2 Å². The third-order valence-electron chi connectivity index (χ3n) is 6.50. The van der Waals surface area contributed by atoms with Crippen molar-refractivity contribution in [2.24, 2.45) is 5.92 Å². The second kappa shape index (κ2) is 8.09. The number of hydrogen-bond donors (Lipinski definition) is 1. The molecule has 3 heterocycles. The number of anilines is 1. The van der Waals surface area contributed by atoms with Gasteiger partial charge in [0.05, 0.1) is 5.69 Å². The average Bonchev–Trinajstić information content (AvgIpc) is 3.43. The van der Waals surface area contributed by atoms with Crippen molar-refractivity contribution in [3.63, 3.8) is 0 Å². The molecule has 0 radical (unpaired) electrons. The molecule has 0 bridgehead atoms. The summed E-state index contributed by atoms with van der Waals surface area (Å²) < 4.78 is 1.95. The largest absolute Gasteiger partial charge is 0.356 e. The van der Waals surface area contributed by atoms with Gasteiger partial charge in [0, 0.05) is 48.4 Å². The summed E-state index contributed by atoms with van der Waals surface area (Å²) in [6.07, 6.45) is 6.54. The zero-order chi connectivity index (χ0) is 20.5. The van der Waals surface area contributed by atoms with Crippen molar-refractivity contribution in [2.75, 3.05) is 18.0 Å². The van der Waals surface area contributed by atoms with Crippen molar-refractivity contribution in [2.45, 2.75) is 51.5 Å². The van der Waals surface area contributed by atoms with E-state index in [0.717, 1.165) is 67.2 Å². The minimum Gasteiger partial charge on any atom is -0.356 e. The van der Waals surface area contributed by atoms with Crippen LogP contribution in [0.15, 0.2) is 42.5 Å². The monoisotopic (exact) mass is 403 g/mol. The topological polar surface area (TPSA) is 62.5 Å². The standard InChI is InChI=1S/C24H29N5O/c1-17-15-23(29-22(25-17)16-21(27-29)18-7-3-2-4-8-18)28-13-11-19(12-14-28)24(30)26-20-9-5-6-10-20/h2-4,7-8,15-16,19-20H,5-6,9-14H2,1H3,(H,26,30). The first kappa shape index (κ1) is 19.1. The van der Waals surface area contributed by atoms with Crippen LogP contribution in [0.1, 0.15) is 44.2 Å². The van der Waals surface area contributed by atoms with Crippen LogP contribution in [0.2, 0.25) is 0 Å². The highest BCUT2D eigenvalue weighted by Crippen LogP contribution is 2.27. The van der Waals surface area contributed by atoms with Gasteiger partial charge in [-0.3, -0.25) is 4.79 Å². The number of aryl methyl sites for hydroxylation is 1. The molecular formula is C24H29N5O. The van der Waals surface area contributed by atoms with Crippen LogP contribution in [0, 0.1) is 12.8 Å². The molecule has 6 nitrogen and oxygen atoms in total. The van der Waals surface area contributed by atoms with Gasteiger partial charge in [-0.05, 0) is 32.6 Å². The van der Waals surface area contributed by atoms with Gasteiger partial charge in [-0.15, -0.1) is 0 Å². The van der Waals surface area contributed by atoms with Crippen molar-refractivity contribution in [3.05, 3.63) is 48.2 Å². The van der Waals surface area contributed by atoms with Crippen LogP contribution in [-0.2, 0) is 4.79 Å². The van der Waals surface area contributed by atoms with E-state index in [1.165, 1.54) is 12.8 Å². The number of fused-ring (bicyclic) bond motifs is 1. The second-order valence-electron chi connectivity index (χ2n) is 8.67. The van der Waals surface area contributed by atoms with Crippen LogP contribution in [0.25, 0.3) is 16.9 Å². The molecule has 2 aliphatic rings. The Morgan fingerprint density at radius 1 is 1.03 bits per heavy atom. The van der Waals surface area contributed by atoms with Gasteiger partial charge in [0.15, 0.2) is 5.65 Å². The Labute approximate surface area is 177 Å². The third-order valence-corrected chi connectivity index (χ3v) is 6.50. The van der Waals surface area contributed by atoms with Crippen molar-refractivity contribution in [1.29, 1.82) is 0 Å². The lowest BCUT2D eigenvalue weighted by molar-refractivity contribution is -0.126. The Morgan fingerprint density at radius 3 is 2.50 bits per heavy atom. The lowest BCUT2D eigenvalue weighted by Gasteiger charge is -2.33. The number of benzene rings is 1. The van der Waals surface area contributed by atoms with E-state index in [4.69, 9.17) is 5.10 Å². The molecule has 156 valence electrons. The quantitative estimate of drug-likeness (QED) is 0.716. The fraction of sp³-hybridized carbons (Fsp3) is 0.458. The zero-order valence-electron chi connectivity index (χ0n) is 17.6. The normalized spacial score (nSPS) is 18.2. The first-order valence-corrected chi connectivity index (χ1v) is 11.2. The van der Waals surface area contributed by atoms with Gasteiger partial charge in [0.25, 0.3) is 0 Å². The van der Waals surface area contributed by atoms with Gasteiger partial charge in [0.1, 0.15) is 5.82 Å². The molecular weight excluding hydrogens is 374 g/mol. The van der Waals surface area contributed by atoms with Crippen LogP contribution in [0.4, 0.5) is 5.82 Å². The van der Waals surface area contributed by atoms with Gasteiger partial charge >= 0.3 is 0 Å². The van der Waals surface area contributed by atoms with E-state index in [0.29, 0.717) is 6.04 Å². The van der Waals surface area contributed by atoms with E-state index in [9.17, 15) is 4.79 Å². The lowest BCUT2D eigenvalue weighted by Crippen LogP contribution is -2.43. The maximum atomic E-state index is 12.7. The Morgan fingerprint density at radius 2 is 1.77 bits per heavy atom. The number of amides is 1. The van der Waals surface area contributed by atoms with Crippen molar-refractivity contribution < 1.29 is 4.79 Å². The van der Waals surface area contributed by atoms with Gasteiger partial charge in [-0.25, -0.2) is 4.98 Å². The molecule has 3 aromatic rings. The molecule has 2 fully saturated rings. The molecule has 0 atom stereocenters. The number of rotatable bonds is 4. The molecule has 1 aliphatic carbocycles. The van der Waals surface area contributed by atoms with E-state index in [2.05, 4.69) is 33.4 Å². The summed E-state index contributed by atoms with van der Waals surface area (Å²) in [5.74, 6) is 1.44. The number of nitrogens with one attached hydrogen (secondary N) is 1. The molecule has 1 N–H and O–H groups in total. The van der Waals surface area contributed by atoms with E-state index >= 15 is 0 Å². The van der Waals surface area contributed by atoms with Crippen molar-refractivity contribution in [1.82, 2.24) is 19.9 Å². The molecule has 0 unspecified atom stereocenters. The first-order valence-electron chi connectivity index (χ1n) is 11.2. The Bertz CT molecular complexity index is 1030. The summed E-state index contributed by atoms with van der Waals surface area (Å²) in [4.78, 5) is 19.7. The molecule has 2 aromatic heterocycles. The van der Waals surface area contributed by atoms with Crippen LogP contribution in [0.5, 0.6) is 0 Å². The Balaban J connectivity index is 1.34. The summed E-state index contributed by atoms with van der Waals surface area (Å²) in [5, 5.41) is 8.13. The summed E-state index contributed by atoms with van der Waals surface area (Å²) in [6, 6.07) is 14.8. The van der Waals surface area contributed by atoms with E-state index in [-0.39, 0.29) is 11.8 Å². The first-order chi connectivity index (χ1) is 14.7. The fourth-order valence-electron chi connectivity index (χ4n) is 4.82. The maximum Gasteiger partial charge on any atom is 0.223 e. The van der Waals surface area contributed by atoms with Gasteiger partial charge < -0.3 is 10.2 Å². The molecule has 5 rings (SSSR count). The number of nitrogens with zero attached hydrogens (tertiary/aromatic N) is 4. The van der Waals surface area contributed by atoms with Crippen LogP contribution >= 0.6 is 0 Å². The second-order valence-corrected chi connectivity index (χ2v) is 8.67. The maximum absolute atomic E-state index is 12.7. The summed E-state index contributed by atoms with van der Waals surface area (Å²) in [5.41, 5.74) is 3.87. The minimum absolute atomic E-state index is 0.123. The Kier molecular flexibility index (Phi) is 5.15. The van der Waals surface area contributed by atoms with Crippen LogP contribution in [0.3, 0.4) is 0 Å². The number of hydrogen-bond acceptors (Lipinski definition) is 4. The molecule has 6 heteroatoms. The highest BCUT2D eigenvalue weighted by atomic mass is 16.1. The third kappa shape index (κ3) is 3.78. The number of carbonyl (C=O) groups is 1. The molecule has 1 saturated carbocycles. The molecule has 1 aliphatic heterocycles. The molecule has 1 amide bonds. The lowest BCUT2D eigenvalue weighted by atomic mass is 9.95. The molecule has 1 saturated heterocycles. The summed E-state index contributed by atoms with van der Waals surface area (Å²) in [7, 11) is 0. The minimum atomic E-state index is 0.123. The summed E-state index contributed by atoms with van der Waals surface area (Å²) in [6.45, 7) is 3.75. The fourth-order valence-corrected chi connectivity index (χ4v) is 4.82. The number of carbonyl (C=O) groups excluding carboxylic acids is 1. The highest BCUT2D eigenvalue weighted by molar-refractivity contribution is 5.79.